The van der Waals surface area contributed by atoms with E-state index in [1.54, 1.807) is 36.4 Å². The number of anilines is 1. The first-order valence-electron chi connectivity index (χ1n) is 11.6. The van der Waals surface area contributed by atoms with Gasteiger partial charge in [-0.15, -0.1) is 5.10 Å². The number of carbonyl (C=O) groups excluding carboxylic acids is 1. The SMILES string of the molecule is CCN(CC)c1ccc([C@@H]2OC(c3cccc(Cl)c3)=NN2C(C)=O)c(OCc2c(F)cccc2Cl)c1. The average molecular weight is 530 g/mol. The fourth-order valence-electron chi connectivity index (χ4n) is 3.97. The Morgan fingerprint density at radius 1 is 1.11 bits per heavy atom. The zero-order valence-electron chi connectivity index (χ0n) is 20.2. The molecule has 6 nitrogen and oxygen atoms in total. The largest absolute Gasteiger partial charge is 0.488 e. The molecule has 3 aromatic rings. The van der Waals surface area contributed by atoms with Gasteiger partial charge in [0, 0.05) is 47.9 Å². The van der Waals surface area contributed by atoms with E-state index < -0.39 is 12.0 Å². The summed E-state index contributed by atoms with van der Waals surface area (Å²) >= 11 is 12.4. The molecule has 0 aromatic heterocycles. The summed E-state index contributed by atoms with van der Waals surface area (Å²) in [6.07, 6.45) is -0.881. The van der Waals surface area contributed by atoms with Gasteiger partial charge in [-0.25, -0.2) is 4.39 Å². The Bertz CT molecular complexity index is 1280. The molecule has 4 rings (SSSR count). The van der Waals surface area contributed by atoms with Crippen molar-refractivity contribution in [2.45, 2.75) is 33.6 Å². The van der Waals surface area contributed by atoms with Gasteiger partial charge in [-0.3, -0.25) is 4.79 Å². The smallest absolute Gasteiger partial charge is 0.243 e. The van der Waals surface area contributed by atoms with Crippen molar-refractivity contribution in [2.75, 3.05) is 18.0 Å². The number of hydrazone groups is 1. The van der Waals surface area contributed by atoms with Gasteiger partial charge in [0.1, 0.15) is 18.2 Å². The van der Waals surface area contributed by atoms with Gasteiger partial charge < -0.3 is 14.4 Å². The van der Waals surface area contributed by atoms with Gasteiger partial charge in [0.25, 0.3) is 0 Å². The molecule has 1 aliphatic rings. The number of hydrogen-bond donors (Lipinski definition) is 0. The second kappa shape index (κ2) is 11.2. The highest BCUT2D eigenvalue weighted by atomic mass is 35.5. The number of amides is 1. The van der Waals surface area contributed by atoms with Crippen LogP contribution in [0, 0.1) is 5.82 Å². The van der Waals surface area contributed by atoms with Crippen molar-refractivity contribution in [1.82, 2.24) is 5.01 Å². The number of benzene rings is 3. The first kappa shape index (κ1) is 25.8. The third-order valence-corrected chi connectivity index (χ3v) is 6.45. The van der Waals surface area contributed by atoms with Gasteiger partial charge in [-0.05, 0) is 56.3 Å². The summed E-state index contributed by atoms with van der Waals surface area (Å²) in [5.74, 6) is -0.0860. The molecule has 1 atom stereocenters. The number of nitrogens with zero attached hydrogens (tertiary/aromatic N) is 3. The predicted octanol–water partition coefficient (Wildman–Crippen LogP) is 6.80. The van der Waals surface area contributed by atoms with E-state index in [-0.39, 0.29) is 29.0 Å². The minimum atomic E-state index is -0.881. The molecule has 3 aromatic carbocycles. The van der Waals surface area contributed by atoms with Crippen molar-refractivity contribution in [3.05, 3.63) is 93.2 Å². The molecule has 0 N–H and O–H groups in total. The molecule has 36 heavy (non-hydrogen) atoms. The Labute approximate surface area is 219 Å². The summed E-state index contributed by atoms with van der Waals surface area (Å²) in [4.78, 5) is 14.7. The Balaban J connectivity index is 1.72. The number of hydrogen-bond acceptors (Lipinski definition) is 5. The molecule has 1 aliphatic heterocycles. The van der Waals surface area contributed by atoms with E-state index in [1.807, 2.05) is 18.2 Å². The summed E-state index contributed by atoms with van der Waals surface area (Å²) < 4.78 is 26.7. The van der Waals surface area contributed by atoms with Gasteiger partial charge in [0.15, 0.2) is 0 Å². The van der Waals surface area contributed by atoms with Crippen LogP contribution in [0.1, 0.15) is 43.7 Å². The predicted molar refractivity (Wildman–Crippen MR) is 140 cm³/mol. The minimum absolute atomic E-state index is 0.102. The van der Waals surface area contributed by atoms with Crippen molar-refractivity contribution >= 4 is 40.7 Å². The second-order valence-corrected chi connectivity index (χ2v) is 8.98. The monoisotopic (exact) mass is 529 g/mol. The van der Waals surface area contributed by atoms with Gasteiger partial charge in [-0.2, -0.15) is 5.01 Å². The topological polar surface area (TPSA) is 54.4 Å². The molecule has 0 fully saturated rings. The van der Waals surface area contributed by atoms with Crippen molar-refractivity contribution in [2.24, 2.45) is 5.10 Å². The average Bonchev–Trinajstić information content (AvgIpc) is 3.30. The lowest BCUT2D eigenvalue weighted by Gasteiger charge is -2.26. The third kappa shape index (κ3) is 5.42. The van der Waals surface area contributed by atoms with Crippen molar-refractivity contribution < 1.29 is 18.7 Å². The summed E-state index contributed by atoms with van der Waals surface area (Å²) in [6, 6.07) is 17.1. The summed E-state index contributed by atoms with van der Waals surface area (Å²) in [6.45, 7) is 6.99. The fourth-order valence-corrected chi connectivity index (χ4v) is 4.37. The lowest BCUT2D eigenvalue weighted by atomic mass is 10.1. The van der Waals surface area contributed by atoms with E-state index in [9.17, 15) is 9.18 Å². The van der Waals surface area contributed by atoms with Gasteiger partial charge in [0.2, 0.25) is 18.0 Å². The summed E-state index contributed by atoms with van der Waals surface area (Å²) in [7, 11) is 0. The van der Waals surface area contributed by atoms with Crippen molar-refractivity contribution in [3.8, 4) is 5.75 Å². The fraction of sp³-hybridized carbons (Fsp3) is 0.259. The lowest BCUT2D eigenvalue weighted by molar-refractivity contribution is -0.135. The Morgan fingerprint density at radius 2 is 1.86 bits per heavy atom. The Kier molecular flexibility index (Phi) is 8.01. The maximum absolute atomic E-state index is 14.4. The minimum Gasteiger partial charge on any atom is -0.488 e. The zero-order valence-corrected chi connectivity index (χ0v) is 21.7. The van der Waals surface area contributed by atoms with E-state index in [0.29, 0.717) is 21.9 Å². The standard InChI is InChI=1S/C27H26Cl2FN3O3/c1-4-32(5-2)20-12-13-21(25(15-20)35-16-22-23(29)10-7-11-24(22)30)27-33(17(3)34)31-26(36-27)18-8-6-9-19(28)14-18/h6-15,27H,4-5,16H2,1-3H3/t27-/m0/s1. The molecule has 0 unspecified atom stereocenters. The molecule has 0 aliphatic carbocycles. The first-order valence-corrected chi connectivity index (χ1v) is 12.3. The molecular weight excluding hydrogens is 504 g/mol. The lowest BCUT2D eigenvalue weighted by Crippen LogP contribution is -2.26. The van der Waals surface area contributed by atoms with Gasteiger partial charge in [0.05, 0.1) is 10.6 Å². The highest BCUT2D eigenvalue weighted by Gasteiger charge is 2.35. The van der Waals surface area contributed by atoms with Crippen LogP contribution in [-0.2, 0) is 16.1 Å². The number of rotatable bonds is 8. The van der Waals surface area contributed by atoms with Crippen LogP contribution in [0.15, 0.2) is 65.8 Å². The van der Waals surface area contributed by atoms with E-state index in [0.717, 1.165) is 18.8 Å². The van der Waals surface area contributed by atoms with Crippen LogP contribution in [0.5, 0.6) is 5.75 Å². The van der Waals surface area contributed by atoms with E-state index in [1.165, 1.54) is 18.0 Å². The zero-order chi connectivity index (χ0) is 25.8. The summed E-state index contributed by atoms with van der Waals surface area (Å²) in [5, 5.41) is 6.45. The molecule has 1 amide bonds. The molecule has 0 saturated heterocycles. The van der Waals surface area contributed by atoms with Crippen molar-refractivity contribution in [1.29, 1.82) is 0 Å². The maximum atomic E-state index is 14.4. The molecule has 9 heteroatoms. The number of halogens is 3. The second-order valence-electron chi connectivity index (χ2n) is 8.13. The molecule has 0 radical (unpaired) electrons. The van der Waals surface area contributed by atoms with E-state index in [2.05, 4.69) is 23.8 Å². The van der Waals surface area contributed by atoms with Gasteiger partial charge in [-0.1, -0.05) is 35.3 Å². The van der Waals surface area contributed by atoms with E-state index >= 15 is 0 Å². The van der Waals surface area contributed by atoms with Crippen LogP contribution in [0.25, 0.3) is 0 Å². The van der Waals surface area contributed by atoms with Crippen LogP contribution in [0.3, 0.4) is 0 Å². The first-order chi connectivity index (χ1) is 17.3. The van der Waals surface area contributed by atoms with Crippen LogP contribution in [-0.4, -0.2) is 29.9 Å². The Hall–Kier alpha value is -3.29. The van der Waals surface area contributed by atoms with Crippen LogP contribution in [0.4, 0.5) is 10.1 Å². The van der Waals surface area contributed by atoms with Crippen LogP contribution >= 0.6 is 23.2 Å². The molecule has 0 spiro atoms. The van der Waals surface area contributed by atoms with Crippen LogP contribution < -0.4 is 9.64 Å². The molecule has 0 saturated carbocycles. The van der Waals surface area contributed by atoms with Gasteiger partial charge >= 0.3 is 0 Å². The maximum Gasteiger partial charge on any atom is 0.243 e. The van der Waals surface area contributed by atoms with Crippen LogP contribution in [0.2, 0.25) is 10.0 Å². The van der Waals surface area contributed by atoms with Crippen molar-refractivity contribution in [3.63, 3.8) is 0 Å². The number of carbonyl (C=O) groups is 1. The molecule has 0 bridgehead atoms. The quantitative estimate of drug-likeness (QED) is 0.322. The molecule has 188 valence electrons. The number of ether oxygens (including phenoxy) is 2. The highest BCUT2D eigenvalue weighted by molar-refractivity contribution is 6.31. The summed E-state index contributed by atoms with van der Waals surface area (Å²) in [5.41, 5.74) is 2.36. The Morgan fingerprint density at radius 3 is 2.53 bits per heavy atom. The van der Waals surface area contributed by atoms with E-state index in [4.69, 9.17) is 32.7 Å². The molecular formula is C27H26Cl2FN3O3. The normalized spacial score (nSPS) is 14.9. The third-order valence-electron chi connectivity index (χ3n) is 5.86. The highest BCUT2D eigenvalue weighted by Crippen LogP contribution is 2.38. The molecule has 1 heterocycles.